The lowest BCUT2D eigenvalue weighted by molar-refractivity contribution is 0.476. The van der Waals surface area contributed by atoms with E-state index < -0.39 is 0 Å². The van der Waals surface area contributed by atoms with Crippen LogP contribution in [-0.4, -0.2) is 15.1 Å². The second-order valence-electron chi connectivity index (χ2n) is 6.22. The number of nitrogens with one attached hydrogen (secondary N) is 2. The van der Waals surface area contributed by atoms with E-state index >= 15 is 0 Å². The van der Waals surface area contributed by atoms with Gasteiger partial charge in [0.1, 0.15) is 5.75 Å². The average Bonchev–Trinajstić information content (AvgIpc) is 3.20. The quantitative estimate of drug-likeness (QED) is 0.306. The number of aromatic hydroxyl groups is 1. The number of rotatable bonds is 1. The van der Waals surface area contributed by atoms with Gasteiger partial charge in [0.2, 0.25) is 0 Å². The zero-order chi connectivity index (χ0) is 17.1. The van der Waals surface area contributed by atoms with Gasteiger partial charge in [-0.15, -0.1) is 0 Å². The van der Waals surface area contributed by atoms with Crippen LogP contribution in [-0.2, 0) is 0 Å². The first-order valence-electron chi connectivity index (χ1n) is 7.91. The Morgan fingerprint density at radius 2 is 1.68 bits per heavy atom. The van der Waals surface area contributed by atoms with E-state index in [1.54, 1.807) is 18.2 Å². The van der Waals surface area contributed by atoms with E-state index in [0.717, 1.165) is 43.7 Å². The second kappa shape index (κ2) is 4.94. The number of aromatic amines is 2. The molecule has 0 fully saturated rings. The molecule has 2 heterocycles. The summed E-state index contributed by atoms with van der Waals surface area (Å²) < 4.78 is 0. The lowest BCUT2D eigenvalue weighted by Crippen LogP contribution is -1.87. The summed E-state index contributed by atoms with van der Waals surface area (Å²) in [7, 11) is 0. The number of hydrogen-bond donors (Lipinski definition) is 4. The summed E-state index contributed by atoms with van der Waals surface area (Å²) in [5.74, 6) is 0.250. The molecule has 0 atom stereocenters. The average molecular weight is 348 g/mol. The normalized spacial score (nSPS) is 11.7. The lowest BCUT2D eigenvalue weighted by Gasteiger charge is -2.09. The standard InChI is InChI=1S/C20H14ClN3O/c21-17-3-1-10(22)5-13(17)12-7-19-20(16-9-23-8-15(12)16)14-6-11(25)2-4-18(14)24-19/h1-9,23-25H,22H2. The Balaban J connectivity index is 1.96. The van der Waals surface area contributed by atoms with Crippen molar-refractivity contribution in [2.45, 2.75) is 0 Å². The van der Waals surface area contributed by atoms with Gasteiger partial charge in [-0.1, -0.05) is 11.6 Å². The van der Waals surface area contributed by atoms with Crippen molar-refractivity contribution in [2.75, 3.05) is 5.73 Å². The molecule has 0 bridgehead atoms. The Bertz CT molecular complexity index is 1280. The molecule has 5 aromatic rings. The molecule has 0 unspecified atom stereocenters. The van der Waals surface area contributed by atoms with Gasteiger partial charge in [-0.25, -0.2) is 0 Å². The van der Waals surface area contributed by atoms with Gasteiger partial charge in [0.15, 0.2) is 0 Å². The van der Waals surface area contributed by atoms with Crippen LogP contribution < -0.4 is 5.73 Å². The summed E-state index contributed by atoms with van der Waals surface area (Å²) in [5.41, 5.74) is 10.5. The molecule has 0 amide bonds. The number of aromatic nitrogens is 2. The summed E-state index contributed by atoms with van der Waals surface area (Å²) in [6.45, 7) is 0. The molecule has 5 rings (SSSR count). The fourth-order valence-corrected chi connectivity index (χ4v) is 3.81. The summed E-state index contributed by atoms with van der Waals surface area (Å²) in [6.07, 6.45) is 3.93. The SMILES string of the molecule is Nc1ccc(Cl)c(-c2cc3[nH]c4ccc(O)cc4c3c3c[nH]cc23)c1. The largest absolute Gasteiger partial charge is 0.508 e. The predicted octanol–water partition coefficient (Wildman–Crippen LogP) is 5.41. The van der Waals surface area contributed by atoms with Gasteiger partial charge in [-0.3, -0.25) is 0 Å². The van der Waals surface area contributed by atoms with Gasteiger partial charge >= 0.3 is 0 Å². The third-order valence-corrected chi connectivity index (χ3v) is 5.02. The number of hydrogen-bond acceptors (Lipinski definition) is 2. The highest BCUT2D eigenvalue weighted by atomic mass is 35.5. The molecule has 0 saturated carbocycles. The molecule has 4 nitrogen and oxygen atoms in total. The number of fused-ring (bicyclic) bond motifs is 5. The molecule has 5 N–H and O–H groups in total. The minimum Gasteiger partial charge on any atom is -0.508 e. The number of anilines is 1. The molecule has 122 valence electrons. The molecule has 3 aromatic carbocycles. The number of H-pyrrole nitrogens is 2. The van der Waals surface area contributed by atoms with Crippen LogP contribution in [0, 0.1) is 0 Å². The number of halogens is 1. The van der Waals surface area contributed by atoms with Gasteiger partial charge in [0, 0.05) is 61.2 Å². The molecule has 25 heavy (non-hydrogen) atoms. The minimum atomic E-state index is 0.250. The number of nitrogens with two attached hydrogens (primary N) is 1. The maximum absolute atomic E-state index is 9.88. The number of phenolic OH excluding ortho intramolecular Hbond substituents is 1. The van der Waals surface area contributed by atoms with Gasteiger partial charge in [0.25, 0.3) is 0 Å². The van der Waals surface area contributed by atoms with Gasteiger partial charge in [-0.05, 0) is 48.0 Å². The maximum Gasteiger partial charge on any atom is 0.116 e. The number of benzene rings is 3. The van der Waals surface area contributed by atoms with Crippen LogP contribution in [0.2, 0.25) is 5.02 Å². The van der Waals surface area contributed by atoms with E-state index in [1.165, 1.54) is 0 Å². The van der Waals surface area contributed by atoms with E-state index in [-0.39, 0.29) is 5.75 Å². The Morgan fingerprint density at radius 1 is 0.840 bits per heavy atom. The van der Waals surface area contributed by atoms with Crippen LogP contribution >= 0.6 is 11.6 Å². The van der Waals surface area contributed by atoms with E-state index in [2.05, 4.69) is 16.0 Å². The van der Waals surface area contributed by atoms with Crippen LogP contribution in [0.5, 0.6) is 5.75 Å². The van der Waals surface area contributed by atoms with Crippen molar-refractivity contribution in [1.82, 2.24) is 9.97 Å². The van der Waals surface area contributed by atoms with Crippen molar-refractivity contribution >= 4 is 49.9 Å². The first-order valence-corrected chi connectivity index (χ1v) is 8.29. The second-order valence-corrected chi connectivity index (χ2v) is 6.63. The molecule has 2 aromatic heterocycles. The van der Waals surface area contributed by atoms with E-state index in [1.807, 2.05) is 30.6 Å². The maximum atomic E-state index is 9.88. The third-order valence-electron chi connectivity index (χ3n) is 4.69. The smallest absolute Gasteiger partial charge is 0.116 e. The highest BCUT2D eigenvalue weighted by Crippen LogP contribution is 2.41. The summed E-state index contributed by atoms with van der Waals surface area (Å²) >= 11 is 6.44. The molecule has 0 radical (unpaired) electrons. The van der Waals surface area contributed by atoms with E-state index in [9.17, 15) is 5.11 Å². The highest BCUT2D eigenvalue weighted by Gasteiger charge is 2.15. The lowest BCUT2D eigenvalue weighted by atomic mass is 9.97. The number of nitrogen functional groups attached to an aromatic ring is 1. The minimum absolute atomic E-state index is 0.250. The zero-order valence-corrected chi connectivity index (χ0v) is 13.9. The van der Waals surface area contributed by atoms with Crippen molar-refractivity contribution in [2.24, 2.45) is 0 Å². The van der Waals surface area contributed by atoms with Crippen molar-refractivity contribution in [3.8, 4) is 16.9 Å². The van der Waals surface area contributed by atoms with Gasteiger partial charge < -0.3 is 20.8 Å². The number of phenols is 1. The first kappa shape index (κ1) is 14.3. The Kier molecular flexibility index (Phi) is 2.82. The molecular weight excluding hydrogens is 334 g/mol. The van der Waals surface area contributed by atoms with Crippen LogP contribution in [0.1, 0.15) is 0 Å². The molecule has 0 aliphatic heterocycles. The van der Waals surface area contributed by atoms with Crippen LogP contribution in [0.15, 0.2) is 54.9 Å². The molecule has 0 aliphatic rings. The summed E-state index contributed by atoms with van der Waals surface area (Å²) in [6, 6.07) is 12.9. The van der Waals surface area contributed by atoms with Crippen molar-refractivity contribution in [3.63, 3.8) is 0 Å². The highest BCUT2D eigenvalue weighted by molar-refractivity contribution is 6.34. The topological polar surface area (TPSA) is 77.8 Å². The van der Waals surface area contributed by atoms with Gasteiger partial charge in [0.05, 0.1) is 0 Å². The Hall–Kier alpha value is -3.11. The fraction of sp³-hybridized carbons (Fsp3) is 0. The zero-order valence-electron chi connectivity index (χ0n) is 13.1. The van der Waals surface area contributed by atoms with E-state index in [0.29, 0.717) is 10.7 Å². The van der Waals surface area contributed by atoms with Crippen molar-refractivity contribution < 1.29 is 5.11 Å². The Labute approximate surface area is 147 Å². The van der Waals surface area contributed by atoms with Crippen molar-refractivity contribution in [3.05, 3.63) is 59.9 Å². The first-order chi connectivity index (χ1) is 12.1. The van der Waals surface area contributed by atoms with E-state index in [4.69, 9.17) is 17.3 Å². The van der Waals surface area contributed by atoms with Crippen LogP contribution in [0.3, 0.4) is 0 Å². The summed E-state index contributed by atoms with van der Waals surface area (Å²) in [4.78, 5) is 6.62. The third kappa shape index (κ3) is 2.01. The predicted molar refractivity (Wildman–Crippen MR) is 104 cm³/mol. The molecular formula is C20H14ClN3O. The van der Waals surface area contributed by atoms with Crippen LogP contribution in [0.25, 0.3) is 43.7 Å². The van der Waals surface area contributed by atoms with Crippen LogP contribution in [0.4, 0.5) is 5.69 Å². The monoisotopic (exact) mass is 347 g/mol. The Morgan fingerprint density at radius 3 is 2.56 bits per heavy atom. The molecule has 5 heteroatoms. The van der Waals surface area contributed by atoms with Gasteiger partial charge in [-0.2, -0.15) is 0 Å². The fourth-order valence-electron chi connectivity index (χ4n) is 3.59. The molecule has 0 aliphatic carbocycles. The summed E-state index contributed by atoms with van der Waals surface area (Å²) in [5, 5.41) is 14.7. The molecule has 0 saturated heterocycles. The molecule has 0 spiro atoms. The van der Waals surface area contributed by atoms with Crippen molar-refractivity contribution in [1.29, 1.82) is 0 Å².